The van der Waals surface area contributed by atoms with E-state index < -0.39 is 5.54 Å². The predicted molar refractivity (Wildman–Crippen MR) is 149 cm³/mol. The lowest BCUT2D eigenvalue weighted by Gasteiger charge is -2.29. The van der Waals surface area contributed by atoms with Gasteiger partial charge in [0, 0.05) is 22.7 Å². The highest BCUT2D eigenvalue weighted by molar-refractivity contribution is 8.00. The van der Waals surface area contributed by atoms with Crippen LogP contribution in [0.2, 0.25) is 5.02 Å². The zero-order chi connectivity index (χ0) is 26.0. The number of anilines is 1. The average Bonchev–Trinajstić information content (AvgIpc) is 3.17. The fourth-order valence-corrected chi connectivity index (χ4v) is 5.79. The zero-order valence-electron chi connectivity index (χ0n) is 21.4. The average molecular weight is 525 g/mol. The minimum Gasteiger partial charge on any atom is -0.354 e. The first kappa shape index (κ1) is 26.3. The lowest BCUT2D eigenvalue weighted by molar-refractivity contribution is -0.123. The van der Waals surface area contributed by atoms with Crippen molar-refractivity contribution in [1.29, 1.82) is 0 Å². The van der Waals surface area contributed by atoms with E-state index in [2.05, 4.69) is 26.1 Å². The van der Waals surface area contributed by atoms with Crippen LogP contribution in [0.3, 0.4) is 0 Å². The van der Waals surface area contributed by atoms with E-state index in [-0.39, 0.29) is 29.4 Å². The number of aromatic nitrogens is 2. The Morgan fingerprint density at radius 1 is 1.14 bits per heavy atom. The third-order valence-electron chi connectivity index (χ3n) is 5.97. The molecule has 0 spiro atoms. The van der Waals surface area contributed by atoms with Crippen LogP contribution in [-0.2, 0) is 15.1 Å². The van der Waals surface area contributed by atoms with Crippen molar-refractivity contribution in [3.05, 3.63) is 70.7 Å². The van der Waals surface area contributed by atoms with E-state index in [4.69, 9.17) is 16.7 Å². The predicted octanol–water partition coefficient (Wildman–Crippen LogP) is 5.90. The van der Waals surface area contributed by atoms with Gasteiger partial charge in [-0.05, 0) is 38.3 Å². The van der Waals surface area contributed by atoms with Gasteiger partial charge >= 0.3 is 0 Å². The summed E-state index contributed by atoms with van der Waals surface area (Å²) >= 11 is 8.22. The van der Waals surface area contributed by atoms with Crippen LogP contribution in [-0.4, -0.2) is 40.4 Å². The number of rotatable bonds is 6. The fourth-order valence-electron chi connectivity index (χ4n) is 4.25. The summed E-state index contributed by atoms with van der Waals surface area (Å²) in [6.07, 6.45) is 0. The van der Waals surface area contributed by atoms with E-state index in [0.29, 0.717) is 23.3 Å². The van der Waals surface area contributed by atoms with Crippen LogP contribution < -0.4 is 10.2 Å². The van der Waals surface area contributed by atoms with E-state index in [1.807, 2.05) is 73.1 Å². The first-order chi connectivity index (χ1) is 17.1. The maximum atomic E-state index is 13.6. The van der Waals surface area contributed by atoms with E-state index in [1.165, 1.54) is 11.8 Å². The standard InChI is InChI=1S/C28H33ClN4O2S/c1-18(2)15-30-22(34)16-32-23(35)17-36-26(20-13-9-10-14-21(20)29)24-25(19-11-7-6-8-12-19)31-33(27(24)32)28(3,4)5/h6-14,18,26H,15-17H2,1-5H3,(H,30,34)/t26-/m0/s1. The van der Waals surface area contributed by atoms with Crippen molar-refractivity contribution >= 4 is 41.0 Å². The lowest BCUT2D eigenvalue weighted by Crippen LogP contribution is -2.44. The number of carbonyl (C=O) groups excluding carboxylic acids is 2. The van der Waals surface area contributed by atoms with E-state index in [9.17, 15) is 9.59 Å². The van der Waals surface area contributed by atoms with Crippen LogP contribution in [0.5, 0.6) is 0 Å². The molecule has 0 bridgehead atoms. The second-order valence-electron chi connectivity index (χ2n) is 10.4. The van der Waals surface area contributed by atoms with Crippen LogP contribution in [0.25, 0.3) is 11.3 Å². The summed E-state index contributed by atoms with van der Waals surface area (Å²) in [5.74, 6) is 0.878. The highest BCUT2D eigenvalue weighted by Crippen LogP contribution is 2.50. The number of fused-ring (bicyclic) bond motifs is 1. The maximum absolute atomic E-state index is 13.6. The maximum Gasteiger partial charge on any atom is 0.240 e. The van der Waals surface area contributed by atoms with Crippen LogP contribution in [0.4, 0.5) is 5.82 Å². The molecule has 0 saturated heterocycles. The van der Waals surface area contributed by atoms with E-state index in [0.717, 1.165) is 22.4 Å². The second-order valence-corrected chi connectivity index (χ2v) is 11.9. The van der Waals surface area contributed by atoms with Gasteiger partial charge in [0.25, 0.3) is 0 Å². The van der Waals surface area contributed by atoms with Gasteiger partial charge in [-0.2, -0.15) is 5.10 Å². The Morgan fingerprint density at radius 2 is 1.81 bits per heavy atom. The molecule has 1 N–H and O–H groups in total. The largest absolute Gasteiger partial charge is 0.354 e. The topological polar surface area (TPSA) is 67.2 Å². The van der Waals surface area contributed by atoms with Gasteiger partial charge in [-0.25, -0.2) is 4.68 Å². The van der Waals surface area contributed by atoms with Gasteiger partial charge in [0.1, 0.15) is 12.4 Å². The Hall–Kier alpha value is -2.77. The number of hydrogen-bond donors (Lipinski definition) is 1. The number of hydrogen-bond acceptors (Lipinski definition) is 4. The summed E-state index contributed by atoms with van der Waals surface area (Å²) in [4.78, 5) is 28.2. The van der Waals surface area contributed by atoms with Crippen molar-refractivity contribution in [2.45, 2.75) is 45.4 Å². The molecule has 2 heterocycles. The van der Waals surface area contributed by atoms with Gasteiger partial charge in [-0.15, -0.1) is 11.8 Å². The number of nitrogens with zero attached hydrogens (tertiary/aromatic N) is 3. The molecular formula is C28H33ClN4O2S. The molecule has 2 aromatic carbocycles. The van der Waals surface area contributed by atoms with Crippen molar-refractivity contribution in [2.24, 2.45) is 5.92 Å². The van der Waals surface area contributed by atoms with Crippen molar-refractivity contribution in [2.75, 3.05) is 23.7 Å². The van der Waals surface area contributed by atoms with Crippen LogP contribution in [0.15, 0.2) is 54.6 Å². The van der Waals surface area contributed by atoms with E-state index >= 15 is 0 Å². The summed E-state index contributed by atoms with van der Waals surface area (Å²) in [5.41, 5.74) is 3.13. The molecule has 3 aromatic rings. The smallest absolute Gasteiger partial charge is 0.240 e. The van der Waals surface area contributed by atoms with Gasteiger partial charge < -0.3 is 5.32 Å². The van der Waals surface area contributed by atoms with Crippen molar-refractivity contribution in [1.82, 2.24) is 15.1 Å². The molecule has 1 atom stereocenters. The van der Waals surface area contributed by atoms with Crippen molar-refractivity contribution < 1.29 is 9.59 Å². The van der Waals surface area contributed by atoms with Crippen LogP contribution in [0.1, 0.15) is 51.0 Å². The molecule has 190 valence electrons. The first-order valence-electron chi connectivity index (χ1n) is 12.2. The molecule has 1 aliphatic heterocycles. The molecule has 0 aliphatic carbocycles. The number of thioether (sulfide) groups is 1. The molecular weight excluding hydrogens is 492 g/mol. The summed E-state index contributed by atoms with van der Waals surface area (Å²) in [5, 5.41) is 8.45. The SMILES string of the molecule is CC(C)CNC(=O)CN1C(=O)CS[C@@H](c2ccccc2Cl)c2c(-c3ccccc3)nn(C(C)(C)C)c21. The number of halogens is 1. The molecule has 1 aliphatic rings. The van der Waals surface area contributed by atoms with Gasteiger partial charge in [-0.3, -0.25) is 14.5 Å². The lowest BCUT2D eigenvalue weighted by atomic mass is 9.99. The van der Waals surface area contributed by atoms with Crippen LogP contribution in [0, 0.1) is 5.92 Å². The molecule has 36 heavy (non-hydrogen) atoms. The molecule has 8 heteroatoms. The second kappa shape index (κ2) is 10.7. The number of nitrogens with one attached hydrogen (secondary N) is 1. The Kier molecular flexibility index (Phi) is 7.81. The monoisotopic (exact) mass is 524 g/mol. The van der Waals surface area contributed by atoms with Gasteiger partial charge in [0.05, 0.1) is 22.2 Å². The molecule has 0 unspecified atom stereocenters. The number of benzene rings is 2. The summed E-state index contributed by atoms with van der Waals surface area (Å²) in [6, 6.07) is 17.7. The Balaban J connectivity index is 1.97. The highest BCUT2D eigenvalue weighted by Gasteiger charge is 2.39. The Bertz CT molecular complexity index is 1250. The van der Waals surface area contributed by atoms with Crippen molar-refractivity contribution in [3.8, 4) is 11.3 Å². The minimum atomic E-state index is -0.440. The summed E-state index contributed by atoms with van der Waals surface area (Å²) < 4.78 is 1.90. The first-order valence-corrected chi connectivity index (χ1v) is 13.6. The molecule has 0 saturated carbocycles. The molecule has 0 fully saturated rings. The third kappa shape index (κ3) is 5.47. The molecule has 1 aromatic heterocycles. The van der Waals surface area contributed by atoms with E-state index in [1.54, 1.807) is 4.90 Å². The third-order valence-corrected chi connectivity index (χ3v) is 7.55. The summed E-state index contributed by atoms with van der Waals surface area (Å²) in [7, 11) is 0. The normalized spacial score (nSPS) is 16.1. The molecule has 4 rings (SSSR count). The quantitative estimate of drug-likeness (QED) is 0.436. The molecule has 2 amide bonds. The van der Waals surface area contributed by atoms with Crippen LogP contribution >= 0.6 is 23.4 Å². The summed E-state index contributed by atoms with van der Waals surface area (Å²) in [6.45, 7) is 10.7. The minimum absolute atomic E-state index is 0.0651. The highest BCUT2D eigenvalue weighted by atomic mass is 35.5. The number of carbonyl (C=O) groups is 2. The zero-order valence-corrected chi connectivity index (χ0v) is 23.0. The van der Waals surface area contributed by atoms with Crippen molar-refractivity contribution in [3.63, 3.8) is 0 Å². The Labute approximate surface area is 222 Å². The van der Waals surface area contributed by atoms with Gasteiger partial charge in [0.15, 0.2) is 0 Å². The number of amides is 2. The fraction of sp³-hybridized carbons (Fsp3) is 0.393. The molecule has 6 nitrogen and oxygen atoms in total. The van der Waals surface area contributed by atoms with Gasteiger partial charge in [0.2, 0.25) is 11.8 Å². The molecule has 0 radical (unpaired) electrons. The van der Waals surface area contributed by atoms with Gasteiger partial charge in [-0.1, -0.05) is 74.0 Å². The Morgan fingerprint density at radius 3 is 2.44 bits per heavy atom.